The van der Waals surface area contributed by atoms with Gasteiger partial charge in [-0.1, -0.05) is 13.0 Å². The third kappa shape index (κ3) is 4.96. The van der Waals surface area contributed by atoms with E-state index < -0.39 is 10.0 Å². The molecule has 6 nitrogen and oxygen atoms in total. The van der Waals surface area contributed by atoms with Crippen LogP contribution >= 0.6 is 0 Å². The van der Waals surface area contributed by atoms with Crippen molar-refractivity contribution in [1.29, 1.82) is 0 Å². The predicted octanol–water partition coefficient (Wildman–Crippen LogP) is 1.12. The van der Waals surface area contributed by atoms with Gasteiger partial charge in [0.25, 0.3) is 0 Å². The summed E-state index contributed by atoms with van der Waals surface area (Å²) in [4.78, 5) is 0.146. The second kappa shape index (κ2) is 8.33. The van der Waals surface area contributed by atoms with E-state index >= 15 is 0 Å². The smallest absolute Gasteiger partial charge is 0.244 e. The van der Waals surface area contributed by atoms with Gasteiger partial charge in [-0.3, -0.25) is 0 Å². The maximum absolute atomic E-state index is 12.5. The normalized spacial score (nSPS) is 13.1. The molecule has 0 aliphatic heterocycles. The summed E-state index contributed by atoms with van der Waals surface area (Å²) in [5.41, 5.74) is 0.874. The molecule has 1 aromatic carbocycles. The van der Waals surface area contributed by atoms with Gasteiger partial charge in [0.05, 0.1) is 13.7 Å². The molecule has 2 N–H and O–H groups in total. The number of methoxy groups -OCH3 is 2. The van der Waals surface area contributed by atoms with Crippen molar-refractivity contribution >= 4 is 10.0 Å². The first kappa shape index (κ1) is 17.9. The van der Waals surface area contributed by atoms with Gasteiger partial charge >= 0.3 is 0 Å². The lowest BCUT2D eigenvalue weighted by molar-refractivity contribution is 0.173. The van der Waals surface area contributed by atoms with Crippen LogP contribution in [0, 0.1) is 0 Å². The minimum Gasteiger partial charge on any atom is -0.495 e. The fourth-order valence-electron chi connectivity index (χ4n) is 1.96. The standard InChI is InChI=1S/C14H24N2O4S/c1-5-12(10-19-3)16-21(17,18)14-8-11(9-15-2)6-7-13(14)20-4/h6-8,12,15-16H,5,9-10H2,1-4H3. The van der Waals surface area contributed by atoms with E-state index in [9.17, 15) is 8.42 Å². The molecule has 1 atom stereocenters. The lowest BCUT2D eigenvalue weighted by Crippen LogP contribution is -2.37. The molecule has 21 heavy (non-hydrogen) atoms. The zero-order valence-electron chi connectivity index (χ0n) is 13.0. The molecule has 7 heteroatoms. The molecular formula is C14H24N2O4S. The van der Waals surface area contributed by atoms with Crippen molar-refractivity contribution in [1.82, 2.24) is 10.0 Å². The van der Waals surface area contributed by atoms with Crippen LogP contribution in [0.15, 0.2) is 23.1 Å². The molecule has 0 fully saturated rings. The van der Waals surface area contributed by atoms with E-state index in [1.165, 1.54) is 7.11 Å². The summed E-state index contributed by atoms with van der Waals surface area (Å²) in [5.74, 6) is 0.328. The van der Waals surface area contributed by atoms with Crippen LogP contribution in [0.5, 0.6) is 5.75 Å². The Hall–Kier alpha value is -1.15. The summed E-state index contributed by atoms with van der Waals surface area (Å²) in [7, 11) is 1.15. The van der Waals surface area contributed by atoms with Crippen LogP contribution in [0.4, 0.5) is 0 Å². The minimum absolute atomic E-state index is 0.146. The monoisotopic (exact) mass is 316 g/mol. The van der Waals surface area contributed by atoms with Gasteiger partial charge in [-0.25, -0.2) is 13.1 Å². The fourth-order valence-corrected chi connectivity index (χ4v) is 3.49. The Balaban J connectivity index is 3.12. The van der Waals surface area contributed by atoms with Gasteiger partial charge in [0.15, 0.2) is 0 Å². The van der Waals surface area contributed by atoms with E-state index in [-0.39, 0.29) is 10.9 Å². The van der Waals surface area contributed by atoms with Gasteiger partial charge in [-0.2, -0.15) is 0 Å². The highest BCUT2D eigenvalue weighted by Gasteiger charge is 2.23. The number of rotatable bonds is 9. The summed E-state index contributed by atoms with van der Waals surface area (Å²) >= 11 is 0. The Bertz CT molecular complexity index is 546. The maximum Gasteiger partial charge on any atom is 0.244 e. The van der Waals surface area contributed by atoms with Gasteiger partial charge < -0.3 is 14.8 Å². The third-order valence-corrected chi connectivity index (χ3v) is 4.62. The Morgan fingerprint density at radius 2 is 2.00 bits per heavy atom. The molecule has 1 aromatic rings. The van der Waals surface area contributed by atoms with E-state index in [0.29, 0.717) is 25.3 Å². The van der Waals surface area contributed by atoms with Crippen LogP contribution in [0.1, 0.15) is 18.9 Å². The van der Waals surface area contributed by atoms with E-state index in [0.717, 1.165) is 5.56 Å². The molecule has 0 saturated carbocycles. The van der Waals surface area contributed by atoms with Gasteiger partial charge in [0.2, 0.25) is 10.0 Å². The Morgan fingerprint density at radius 1 is 1.29 bits per heavy atom. The number of benzene rings is 1. The van der Waals surface area contributed by atoms with Crippen molar-refractivity contribution in [3.05, 3.63) is 23.8 Å². The first-order valence-electron chi connectivity index (χ1n) is 6.81. The van der Waals surface area contributed by atoms with Crippen molar-refractivity contribution in [2.24, 2.45) is 0 Å². The van der Waals surface area contributed by atoms with Crippen LogP contribution in [0.25, 0.3) is 0 Å². The third-order valence-electron chi connectivity index (χ3n) is 3.08. The number of ether oxygens (including phenoxy) is 2. The predicted molar refractivity (Wildman–Crippen MR) is 82.0 cm³/mol. The average Bonchev–Trinajstić information content (AvgIpc) is 2.47. The maximum atomic E-state index is 12.5. The summed E-state index contributed by atoms with van der Waals surface area (Å²) in [5, 5.41) is 3.00. The van der Waals surface area contributed by atoms with Crippen LogP contribution < -0.4 is 14.8 Å². The molecule has 0 saturated heterocycles. The van der Waals surface area contributed by atoms with Crippen molar-refractivity contribution in [2.45, 2.75) is 30.8 Å². The molecule has 0 aromatic heterocycles. The highest BCUT2D eigenvalue weighted by atomic mass is 32.2. The molecule has 120 valence electrons. The van der Waals surface area contributed by atoms with Gasteiger partial charge in [-0.05, 0) is 31.2 Å². The first-order valence-corrected chi connectivity index (χ1v) is 8.29. The molecule has 0 amide bonds. The molecule has 1 unspecified atom stereocenters. The second-order valence-electron chi connectivity index (χ2n) is 4.70. The molecule has 0 aliphatic carbocycles. The molecule has 0 bridgehead atoms. The van der Waals surface area contributed by atoms with Crippen molar-refractivity contribution in [2.75, 3.05) is 27.9 Å². The highest BCUT2D eigenvalue weighted by Crippen LogP contribution is 2.25. The van der Waals surface area contributed by atoms with E-state index in [1.54, 1.807) is 19.2 Å². The summed E-state index contributed by atoms with van der Waals surface area (Å²) < 4.78 is 37.9. The zero-order chi connectivity index (χ0) is 15.9. The summed E-state index contributed by atoms with van der Waals surface area (Å²) in [6.07, 6.45) is 0.644. The Kier molecular flexibility index (Phi) is 7.10. The second-order valence-corrected chi connectivity index (χ2v) is 6.38. The molecule has 0 radical (unpaired) electrons. The topological polar surface area (TPSA) is 76.7 Å². The van der Waals surface area contributed by atoms with Crippen LogP contribution in [-0.2, 0) is 21.3 Å². The lowest BCUT2D eigenvalue weighted by atomic mass is 10.2. The average molecular weight is 316 g/mol. The van der Waals surface area contributed by atoms with Crippen molar-refractivity contribution in [3.8, 4) is 5.75 Å². The van der Waals surface area contributed by atoms with Crippen molar-refractivity contribution < 1.29 is 17.9 Å². The minimum atomic E-state index is -3.66. The molecule has 0 aliphatic rings. The number of nitrogens with one attached hydrogen (secondary N) is 2. The Labute approximate surface area is 126 Å². The number of hydrogen-bond acceptors (Lipinski definition) is 5. The zero-order valence-corrected chi connectivity index (χ0v) is 13.8. The SMILES string of the molecule is CCC(COC)NS(=O)(=O)c1cc(CNC)ccc1OC. The molecule has 0 spiro atoms. The van der Waals surface area contributed by atoms with E-state index in [2.05, 4.69) is 10.0 Å². The first-order chi connectivity index (χ1) is 9.98. The lowest BCUT2D eigenvalue weighted by Gasteiger charge is -2.18. The fraction of sp³-hybridized carbons (Fsp3) is 0.571. The number of hydrogen-bond donors (Lipinski definition) is 2. The van der Waals surface area contributed by atoms with Crippen LogP contribution in [0.2, 0.25) is 0 Å². The quantitative estimate of drug-likeness (QED) is 0.714. The summed E-state index contributed by atoms with van der Waals surface area (Å²) in [6, 6.07) is 4.86. The highest BCUT2D eigenvalue weighted by molar-refractivity contribution is 7.89. The van der Waals surface area contributed by atoms with Crippen LogP contribution in [0.3, 0.4) is 0 Å². The Morgan fingerprint density at radius 3 is 2.52 bits per heavy atom. The molecule has 0 heterocycles. The van der Waals surface area contributed by atoms with Gasteiger partial charge in [-0.15, -0.1) is 0 Å². The van der Waals surface area contributed by atoms with Crippen LogP contribution in [-0.4, -0.2) is 42.3 Å². The van der Waals surface area contributed by atoms with Gasteiger partial charge in [0.1, 0.15) is 10.6 Å². The number of sulfonamides is 1. The summed E-state index contributed by atoms with van der Waals surface area (Å²) in [6.45, 7) is 2.82. The van der Waals surface area contributed by atoms with Crippen molar-refractivity contribution in [3.63, 3.8) is 0 Å². The molecule has 1 rings (SSSR count). The van der Waals surface area contributed by atoms with E-state index in [1.807, 2.05) is 20.0 Å². The largest absolute Gasteiger partial charge is 0.495 e. The molecular weight excluding hydrogens is 292 g/mol. The van der Waals surface area contributed by atoms with E-state index in [4.69, 9.17) is 9.47 Å². The van der Waals surface area contributed by atoms with Gasteiger partial charge in [0, 0.05) is 19.7 Å².